The van der Waals surface area contributed by atoms with E-state index in [0.29, 0.717) is 36.3 Å². The molecule has 1 saturated heterocycles. The molecular formula is C14H19N5O3S. The number of nitrogens with one attached hydrogen (secondary N) is 1. The Labute approximate surface area is 134 Å². The molecule has 0 aliphatic carbocycles. The number of rotatable bonds is 5. The molecule has 1 aliphatic rings. The zero-order chi connectivity index (χ0) is 16.4. The molecule has 3 rings (SSSR count). The zero-order valence-electron chi connectivity index (χ0n) is 13.1. The van der Waals surface area contributed by atoms with Crippen molar-refractivity contribution in [2.45, 2.75) is 26.3 Å². The Hall–Kier alpha value is -2.16. The summed E-state index contributed by atoms with van der Waals surface area (Å²) < 4.78 is 28.4. The van der Waals surface area contributed by atoms with Gasteiger partial charge in [0, 0.05) is 24.8 Å². The van der Waals surface area contributed by atoms with E-state index in [2.05, 4.69) is 20.4 Å². The van der Waals surface area contributed by atoms with Crippen molar-refractivity contribution in [2.24, 2.45) is 0 Å². The van der Waals surface area contributed by atoms with Crippen LogP contribution in [0.25, 0.3) is 0 Å². The van der Waals surface area contributed by atoms with Gasteiger partial charge in [0.05, 0.1) is 11.5 Å². The second-order valence-electron chi connectivity index (χ2n) is 5.53. The van der Waals surface area contributed by atoms with Gasteiger partial charge >= 0.3 is 0 Å². The number of aryl methyl sites for hydroxylation is 1. The van der Waals surface area contributed by atoms with E-state index >= 15 is 0 Å². The Morgan fingerprint density at radius 3 is 2.87 bits per heavy atom. The number of hydrogen-bond acceptors (Lipinski definition) is 8. The van der Waals surface area contributed by atoms with Gasteiger partial charge in [-0.3, -0.25) is 0 Å². The predicted octanol–water partition coefficient (Wildman–Crippen LogP) is 1.53. The van der Waals surface area contributed by atoms with Gasteiger partial charge in [-0.2, -0.15) is 4.98 Å². The summed E-state index contributed by atoms with van der Waals surface area (Å²) in [7, 11) is -2.95. The number of anilines is 3. The first-order valence-corrected chi connectivity index (χ1v) is 9.29. The Balaban J connectivity index is 1.80. The van der Waals surface area contributed by atoms with Crippen molar-refractivity contribution in [3.63, 3.8) is 0 Å². The van der Waals surface area contributed by atoms with Gasteiger partial charge in [0.2, 0.25) is 5.95 Å². The summed E-state index contributed by atoms with van der Waals surface area (Å²) in [5.41, 5.74) is 0. The van der Waals surface area contributed by atoms with Crippen molar-refractivity contribution in [1.29, 1.82) is 0 Å². The second-order valence-corrected chi connectivity index (χ2v) is 7.76. The lowest BCUT2D eigenvalue weighted by Gasteiger charge is -2.26. The van der Waals surface area contributed by atoms with Gasteiger partial charge in [0.15, 0.2) is 15.7 Å². The average molecular weight is 337 g/mol. The Bertz CT molecular complexity index is 789. The van der Waals surface area contributed by atoms with Gasteiger partial charge in [0.1, 0.15) is 11.6 Å². The second kappa shape index (κ2) is 6.15. The standard InChI is InChI=1S/C14H19N5O3S/c1-3-19(11-5-7-23(20,21)9-11)14-15-6-4-12(17-14)16-13-8-10(2)22-18-13/h4,6,8,11H,3,5,7,9H2,1-2H3,(H,15,16,17,18). The normalized spacial score (nSPS) is 19.7. The number of sulfone groups is 1. The van der Waals surface area contributed by atoms with Gasteiger partial charge in [-0.15, -0.1) is 0 Å². The molecule has 0 aromatic carbocycles. The van der Waals surface area contributed by atoms with Crippen LogP contribution in [0.4, 0.5) is 17.6 Å². The summed E-state index contributed by atoms with van der Waals surface area (Å²) in [6.45, 7) is 4.42. The minimum absolute atomic E-state index is 0.0745. The van der Waals surface area contributed by atoms with Gasteiger partial charge in [-0.25, -0.2) is 13.4 Å². The minimum Gasteiger partial charge on any atom is -0.360 e. The number of nitrogens with zero attached hydrogens (tertiary/aromatic N) is 4. The van der Waals surface area contributed by atoms with Crippen LogP contribution in [0.5, 0.6) is 0 Å². The molecule has 0 saturated carbocycles. The van der Waals surface area contributed by atoms with Gasteiger partial charge in [-0.05, 0) is 26.3 Å². The lowest BCUT2D eigenvalue weighted by Crippen LogP contribution is -2.37. The van der Waals surface area contributed by atoms with Crippen LogP contribution in [0, 0.1) is 6.92 Å². The first-order valence-electron chi connectivity index (χ1n) is 7.47. The highest BCUT2D eigenvalue weighted by Gasteiger charge is 2.32. The van der Waals surface area contributed by atoms with Crippen molar-refractivity contribution in [3.05, 3.63) is 24.1 Å². The third kappa shape index (κ3) is 3.61. The molecule has 1 unspecified atom stereocenters. The topological polar surface area (TPSA) is 101 Å². The zero-order valence-corrected chi connectivity index (χ0v) is 13.9. The minimum atomic E-state index is -2.95. The van der Waals surface area contributed by atoms with E-state index in [1.165, 1.54) is 0 Å². The maximum absolute atomic E-state index is 11.7. The molecule has 9 heteroatoms. The molecule has 2 aromatic heterocycles. The van der Waals surface area contributed by atoms with Crippen LogP contribution in [0.3, 0.4) is 0 Å². The van der Waals surface area contributed by atoms with E-state index in [4.69, 9.17) is 4.52 Å². The largest absolute Gasteiger partial charge is 0.360 e. The third-order valence-corrected chi connectivity index (χ3v) is 5.52. The average Bonchev–Trinajstić information content (AvgIpc) is 3.06. The van der Waals surface area contributed by atoms with E-state index in [0.717, 1.165) is 0 Å². The summed E-state index contributed by atoms with van der Waals surface area (Å²) in [5, 5.41) is 6.91. The monoisotopic (exact) mass is 337 g/mol. The van der Waals surface area contributed by atoms with E-state index in [9.17, 15) is 8.42 Å². The molecule has 0 radical (unpaired) electrons. The summed E-state index contributed by atoms with van der Waals surface area (Å²) in [6.07, 6.45) is 2.25. The lowest BCUT2D eigenvalue weighted by atomic mass is 10.2. The molecule has 23 heavy (non-hydrogen) atoms. The fraction of sp³-hybridized carbons (Fsp3) is 0.500. The molecule has 2 aromatic rings. The Kier molecular flexibility index (Phi) is 4.20. The quantitative estimate of drug-likeness (QED) is 0.876. The molecule has 1 aliphatic heterocycles. The highest BCUT2D eigenvalue weighted by Crippen LogP contribution is 2.23. The van der Waals surface area contributed by atoms with Crippen LogP contribution < -0.4 is 10.2 Å². The van der Waals surface area contributed by atoms with E-state index in [1.54, 1.807) is 18.3 Å². The maximum atomic E-state index is 11.7. The molecule has 1 atom stereocenters. The summed E-state index contributed by atoms with van der Waals surface area (Å²) in [4.78, 5) is 10.7. The van der Waals surface area contributed by atoms with Gasteiger partial charge in [-0.1, -0.05) is 5.16 Å². The van der Waals surface area contributed by atoms with E-state index in [1.807, 2.05) is 18.7 Å². The van der Waals surface area contributed by atoms with Crippen LogP contribution in [0.2, 0.25) is 0 Å². The van der Waals surface area contributed by atoms with Crippen LogP contribution in [-0.4, -0.2) is 47.6 Å². The summed E-state index contributed by atoms with van der Waals surface area (Å²) >= 11 is 0. The van der Waals surface area contributed by atoms with Crippen LogP contribution >= 0.6 is 0 Å². The highest BCUT2D eigenvalue weighted by molar-refractivity contribution is 7.91. The fourth-order valence-electron chi connectivity index (χ4n) is 2.70. The van der Waals surface area contributed by atoms with E-state index < -0.39 is 9.84 Å². The van der Waals surface area contributed by atoms with Crippen molar-refractivity contribution < 1.29 is 12.9 Å². The Morgan fingerprint density at radius 2 is 2.26 bits per heavy atom. The molecule has 0 bridgehead atoms. The highest BCUT2D eigenvalue weighted by atomic mass is 32.2. The molecule has 0 amide bonds. The molecule has 3 heterocycles. The molecule has 1 fully saturated rings. The van der Waals surface area contributed by atoms with Crippen LogP contribution in [0.1, 0.15) is 19.1 Å². The predicted molar refractivity (Wildman–Crippen MR) is 86.6 cm³/mol. The lowest BCUT2D eigenvalue weighted by molar-refractivity contribution is 0.400. The third-order valence-electron chi connectivity index (χ3n) is 3.77. The first kappa shape index (κ1) is 15.7. The number of hydrogen-bond donors (Lipinski definition) is 1. The molecule has 1 N–H and O–H groups in total. The maximum Gasteiger partial charge on any atom is 0.227 e. The van der Waals surface area contributed by atoms with Crippen molar-refractivity contribution in [2.75, 3.05) is 28.3 Å². The SMILES string of the molecule is CCN(c1nccc(Nc2cc(C)on2)n1)C1CCS(=O)(=O)C1. The molecule has 8 nitrogen and oxygen atoms in total. The van der Waals surface area contributed by atoms with Crippen LogP contribution in [0.15, 0.2) is 22.9 Å². The molecular weight excluding hydrogens is 318 g/mol. The van der Waals surface area contributed by atoms with Crippen molar-refractivity contribution in [3.8, 4) is 0 Å². The number of aromatic nitrogens is 3. The molecule has 124 valence electrons. The van der Waals surface area contributed by atoms with Crippen molar-refractivity contribution in [1.82, 2.24) is 15.1 Å². The van der Waals surface area contributed by atoms with Gasteiger partial charge < -0.3 is 14.7 Å². The molecule has 0 spiro atoms. The fourth-order valence-corrected chi connectivity index (χ4v) is 4.43. The van der Waals surface area contributed by atoms with Crippen molar-refractivity contribution >= 4 is 27.4 Å². The van der Waals surface area contributed by atoms with Crippen LogP contribution in [-0.2, 0) is 9.84 Å². The summed E-state index contributed by atoms with van der Waals surface area (Å²) in [6, 6.07) is 3.42. The summed E-state index contributed by atoms with van der Waals surface area (Å²) in [5.74, 6) is 2.75. The smallest absolute Gasteiger partial charge is 0.227 e. The Morgan fingerprint density at radius 1 is 1.43 bits per heavy atom. The van der Waals surface area contributed by atoms with Gasteiger partial charge in [0.25, 0.3) is 0 Å². The first-order chi connectivity index (χ1) is 11.0. The van der Waals surface area contributed by atoms with E-state index in [-0.39, 0.29) is 17.5 Å².